The summed E-state index contributed by atoms with van der Waals surface area (Å²) < 4.78 is 76.9. The van der Waals surface area contributed by atoms with Gasteiger partial charge in [0.1, 0.15) is 12.4 Å². The van der Waals surface area contributed by atoms with E-state index in [0.29, 0.717) is 44.9 Å². The summed E-state index contributed by atoms with van der Waals surface area (Å²) in [4.78, 5) is 7.10. The van der Waals surface area contributed by atoms with Crippen molar-refractivity contribution in [1.82, 2.24) is 9.29 Å². The number of fused-ring (bicyclic) bond motifs is 2. The van der Waals surface area contributed by atoms with Gasteiger partial charge in [0.15, 0.2) is 0 Å². The van der Waals surface area contributed by atoms with Crippen LogP contribution in [0.25, 0.3) is 21.3 Å². The van der Waals surface area contributed by atoms with E-state index in [2.05, 4.69) is 9.88 Å². The largest absolute Gasteiger partial charge is 0.490 e. The summed E-state index contributed by atoms with van der Waals surface area (Å²) in [6, 6.07) is 5.43. The molecule has 2 aromatic heterocycles. The van der Waals surface area contributed by atoms with Crippen LogP contribution in [0.5, 0.6) is 5.75 Å². The van der Waals surface area contributed by atoms with Crippen molar-refractivity contribution in [1.29, 1.82) is 0 Å². The number of hydrogen-bond donors (Lipinski definition) is 1. The normalized spacial score (nSPS) is 21.5. The van der Waals surface area contributed by atoms with Gasteiger partial charge in [0.2, 0.25) is 10.0 Å². The Labute approximate surface area is 235 Å². The Morgan fingerprint density at radius 2 is 1.93 bits per heavy atom. The summed E-state index contributed by atoms with van der Waals surface area (Å²) in [6.45, 7) is 5.83. The standard InChI is InChI=1S/C28H32F3N3O4S2/c1-26(2,3)40(36,37)34-15-18(14-27(34)6-4-7-27)33-9-10-38-23-12-17(28(29,30)31)11-21(24(23)33)20-5-8-32-22-13-19(16-35)39-25(20)22/h5,8,11-13,18,35H,4,6-7,9-10,14-16H2,1-3H3. The number of aromatic nitrogens is 1. The van der Waals surface area contributed by atoms with Gasteiger partial charge in [-0.25, -0.2) is 8.42 Å². The molecule has 1 aliphatic carbocycles. The van der Waals surface area contributed by atoms with Crippen LogP contribution in [0.2, 0.25) is 0 Å². The Balaban J connectivity index is 1.51. The molecule has 6 rings (SSSR count). The number of thiophene rings is 1. The predicted octanol–water partition coefficient (Wildman–Crippen LogP) is 5.80. The number of hydrogen-bond acceptors (Lipinski definition) is 7. The molecule has 1 saturated carbocycles. The van der Waals surface area contributed by atoms with E-state index in [4.69, 9.17) is 4.74 Å². The van der Waals surface area contributed by atoms with Gasteiger partial charge in [-0.1, -0.05) is 0 Å². The van der Waals surface area contributed by atoms with Gasteiger partial charge in [-0.05, 0) is 70.7 Å². The van der Waals surface area contributed by atoms with Crippen LogP contribution in [-0.2, 0) is 22.8 Å². The van der Waals surface area contributed by atoms with Crippen molar-refractivity contribution in [3.63, 3.8) is 0 Å². The average Bonchev–Trinajstić information content (AvgIpc) is 3.49. The first-order valence-corrected chi connectivity index (χ1v) is 15.7. The molecule has 4 heterocycles. The lowest BCUT2D eigenvalue weighted by Crippen LogP contribution is -2.56. The van der Waals surface area contributed by atoms with Crippen LogP contribution in [0.3, 0.4) is 0 Å². The van der Waals surface area contributed by atoms with E-state index in [1.165, 1.54) is 11.3 Å². The fourth-order valence-corrected chi connectivity index (χ4v) is 9.11. The summed E-state index contributed by atoms with van der Waals surface area (Å²) in [6.07, 6.45) is 0.0852. The maximum absolute atomic E-state index is 14.1. The lowest BCUT2D eigenvalue weighted by Gasteiger charge is -2.46. The molecule has 1 saturated heterocycles. The molecule has 1 aromatic carbocycles. The second-order valence-corrected chi connectivity index (χ2v) is 15.7. The zero-order valence-corrected chi connectivity index (χ0v) is 24.2. The average molecular weight is 596 g/mol. The van der Waals surface area contributed by atoms with Crippen LogP contribution < -0.4 is 9.64 Å². The van der Waals surface area contributed by atoms with Gasteiger partial charge in [0, 0.05) is 40.3 Å². The zero-order valence-electron chi connectivity index (χ0n) is 22.6. The van der Waals surface area contributed by atoms with Crippen molar-refractivity contribution in [3.8, 4) is 16.9 Å². The third-order valence-corrected chi connectivity index (χ3v) is 12.3. The fourth-order valence-electron chi connectivity index (χ4n) is 6.31. The molecule has 7 nitrogen and oxygen atoms in total. The minimum absolute atomic E-state index is 0.139. The lowest BCUT2D eigenvalue weighted by atomic mass is 9.75. The van der Waals surface area contributed by atoms with Gasteiger partial charge >= 0.3 is 6.18 Å². The number of aliphatic hydroxyl groups is 1. The van der Waals surface area contributed by atoms with Gasteiger partial charge in [-0.2, -0.15) is 17.5 Å². The van der Waals surface area contributed by atoms with Crippen molar-refractivity contribution in [3.05, 3.63) is 40.9 Å². The smallest absolute Gasteiger partial charge is 0.416 e. The van der Waals surface area contributed by atoms with Crippen LogP contribution in [0, 0.1) is 0 Å². The number of rotatable bonds is 4. The molecule has 40 heavy (non-hydrogen) atoms. The fraction of sp³-hybridized carbons (Fsp3) is 0.536. The molecule has 0 bridgehead atoms. The van der Waals surface area contributed by atoms with Crippen molar-refractivity contribution in [2.45, 2.75) is 75.6 Å². The van der Waals surface area contributed by atoms with E-state index in [0.717, 1.165) is 31.4 Å². The highest BCUT2D eigenvalue weighted by Crippen LogP contribution is 2.53. The van der Waals surface area contributed by atoms with Crippen LogP contribution in [0.1, 0.15) is 56.9 Å². The molecular formula is C28H32F3N3O4S2. The summed E-state index contributed by atoms with van der Waals surface area (Å²) in [5.74, 6) is 0.139. The summed E-state index contributed by atoms with van der Waals surface area (Å²) in [5.41, 5.74) is 0.796. The Kier molecular flexibility index (Phi) is 6.45. The van der Waals surface area contributed by atoms with Gasteiger partial charge < -0.3 is 14.7 Å². The third-order valence-electron chi connectivity index (χ3n) is 8.50. The van der Waals surface area contributed by atoms with Crippen LogP contribution in [-0.4, -0.2) is 58.8 Å². The first kappa shape index (κ1) is 27.7. The van der Waals surface area contributed by atoms with E-state index in [-0.39, 0.29) is 31.5 Å². The first-order valence-electron chi connectivity index (χ1n) is 13.4. The van der Waals surface area contributed by atoms with Crippen molar-refractivity contribution in [2.75, 3.05) is 24.6 Å². The summed E-state index contributed by atoms with van der Waals surface area (Å²) in [5, 5.41) is 9.71. The molecule has 2 aliphatic heterocycles. The number of sulfonamides is 1. The highest BCUT2D eigenvalue weighted by Gasteiger charge is 2.57. The monoisotopic (exact) mass is 595 g/mol. The second kappa shape index (κ2) is 9.30. The van der Waals surface area contributed by atoms with Gasteiger partial charge in [0.05, 0.1) is 39.4 Å². The number of nitrogens with zero attached hydrogens (tertiary/aromatic N) is 3. The number of aliphatic hydroxyl groups excluding tert-OH is 1. The Morgan fingerprint density at radius 3 is 2.55 bits per heavy atom. The number of alkyl halides is 3. The molecule has 12 heteroatoms. The van der Waals surface area contributed by atoms with Gasteiger partial charge in [-0.15, -0.1) is 11.3 Å². The molecule has 1 unspecified atom stereocenters. The molecule has 1 N–H and O–H groups in total. The molecule has 3 aliphatic rings. The van der Waals surface area contributed by atoms with Crippen molar-refractivity contribution in [2.24, 2.45) is 0 Å². The Bertz CT molecular complexity index is 1580. The van der Waals surface area contributed by atoms with E-state index in [9.17, 15) is 26.7 Å². The molecule has 3 aromatic rings. The van der Waals surface area contributed by atoms with E-state index in [1.807, 2.05) is 0 Å². The van der Waals surface area contributed by atoms with E-state index in [1.54, 1.807) is 43.4 Å². The zero-order chi connectivity index (χ0) is 28.7. The maximum Gasteiger partial charge on any atom is 0.416 e. The van der Waals surface area contributed by atoms with E-state index < -0.39 is 32.0 Å². The minimum Gasteiger partial charge on any atom is -0.490 e. The molecule has 2 fully saturated rings. The van der Waals surface area contributed by atoms with Crippen LogP contribution in [0.15, 0.2) is 30.5 Å². The lowest BCUT2D eigenvalue weighted by molar-refractivity contribution is -0.137. The number of halogens is 3. The van der Waals surface area contributed by atoms with E-state index >= 15 is 0 Å². The second-order valence-electron chi connectivity index (χ2n) is 11.9. The first-order chi connectivity index (χ1) is 18.7. The Morgan fingerprint density at radius 1 is 1.18 bits per heavy atom. The molecule has 1 atom stereocenters. The van der Waals surface area contributed by atoms with Gasteiger partial charge in [0.25, 0.3) is 0 Å². The molecular weight excluding hydrogens is 563 g/mol. The topological polar surface area (TPSA) is 83.0 Å². The van der Waals surface area contributed by atoms with Crippen molar-refractivity contribution >= 4 is 37.3 Å². The predicted molar refractivity (Wildman–Crippen MR) is 149 cm³/mol. The van der Waals surface area contributed by atoms with Crippen molar-refractivity contribution < 1.29 is 31.4 Å². The quantitative estimate of drug-likeness (QED) is 0.411. The Hall–Kier alpha value is -2.41. The number of pyridine rings is 1. The molecule has 0 radical (unpaired) electrons. The van der Waals surface area contributed by atoms with Gasteiger partial charge in [-0.3, -0.25) is 4.98 Å². The molecule has 216 valence electrons. The molecule has 0 amide bonds. The van der Waals surface area contributed by atoms with Crippen LogP contribution in [0.4, 0.5) is 18.9 Å². The minimum atomic E-state index is -4.59. The summed E-state index contributed by atoms with van der Waals surface area (Å²) in [7, 11) is -3.61. The maximum atomic E-state index is 14.1. The highest BCUT2D eigenvalue weighted by molar-refractivity contribution is 7.90. The highest BCUT2D eigenvalue weighted by atomic mass is 32.2. The number of benzene rings is 1. The third kappa shape index (κ3) is 4.29. The van der Waals surface area contributed by atoms with Crippen LogP contribution >= 0.6 is 11.3 Å². The number of anilines is 1. The molecule has 1 spiro atoms. The number of ether oxygens (including phenoxy) is 1. The summed E-state index contributed by atoms with van der Waals surface area (Å²) >= 11 is 1.29. The SMILES string of the molecule is CC(C)(C)S(=O)(=O)N1CC(N2CCOc3cc(C(F)(F)F)cc(-c4ccnc5cc(CO)sc45)c32)CC12CCC2.